The number of carbonyl (C=O) groups is 2. The van der Waals surface area contributed by atoms with Gasteiger partial charge in [-0.15, -0.1) is 0 Å². The Labute approximate surface area is 114 Å². The average Bonchev–Trinajstić information content (AvgIpc) is 2.33. The lowest BCUT2D eigenvalue weighted by molar-refractivity contribution is -0.109. The third kappa shape index (κ3) is 6.60. The molecule has 0 spiro atoms. The number of benzene rings is 1. The number of hydrogen-bond acceptors (Lipinski definition) is 3. The van der Waals surface area contributed by atoms with Crippen molar-refractivity contribution in [2.45, 2.75) is 45.3 Å². The number of carbonyl (C=O) groups excluding carboxylic acids is 2. The molecule has 0 aliphatic heterocycles. The molecule has 1 rings (SSSR count). The minimum absolute atomic E-state index is 0.518. The Morgan fingerprint density at radius 2 is 1.95 bits per heavy atom. The van der Waals surface area contributed by atoms with Gasteiger partial charge in [0.05, 0.1) is 6.04 Å². The van der Waals surface area contributed by atoms with Crippen LogP contribution >= 0.6 is 0 Å². The normalized spacial score (nSPS) is 12.6. The predicted molar refractivity (Wildman–Crippen MR) is 74.0 cm³/mol. The summed E-state index contributed by atoms with van der Waals surface area (Å²) in [5.41, 5.74) is 0.581. The molecule has 0 saturated carbocycles. The highest BCUT2D eigenvalue weighted by Gasteiger charge is 2.18. The number of rotatable bonds is 5. The largest absolute Gasteiger partial charge is 0.444 e. The third-order valence-electron chi connectivity index (χ3n) is 2.45. The van der Waals surface area contributed by atoms with Crippen molar-refractivity contribution in [1.29, 1.82) is 0 Å². The standard InChI is InChI=1S/C15H21NO3/c1-15(2,3)19-14(18)16-13(11-17)10-9-12-7-5-4-6-8-12/h4-8,11,13H,9-10H2,1-3H3,(H,16,18)/t13-/m1/s1. The van der Waals surface area contributed by atoms with Crippen LogP contribution in [0.2, 0.25) is 0 Å². The first kappa shape index (κ1) is 15.2. The van der Waals surface area contributed by atoms with Gasteiger partial charge in [-0.3, -0.25) is 0 Å². The lowest BCUT2D eigenvalue weighted by Gasteiger charge is -2.21. The molecule has 0 radical (unpaired) electrons. The fourth-order valence-corrected chi connectivity index (χ4v) is 1.60. The molecule has 0 bridgehead atoms. The highest BCUT2D eigenvalue weighted by atomic mass is 16.6. The SMILES string of the molecule is CC(C)(C)OC(=O)N[C@@H](C=O)CCc1ccccc1. The van der Waals surface area contributed by atoms with Crippen molar-refractivity contribution in [3.63, 3.8) is 0 Å². The Bertz CT molecular complexity index is 409. The van der Waals surface area contributed by atoms with Crippen LogP contribution in [0.1, 0.15) is 32.8 Å². The molecule has 0 aliphatic carbocycles. The van der Waals surface area contributed by atoms with Crippen molar-refractivity contribution in [3.8, 4) is 0 Å². The molecule has 1 aromatic carbocycles. The van der Waals surface area contributed by atoms with Crippen molar-refractivity contribution >= 4 is 12.4 Å². The molecule has 0 unspecified atom stereocenters. The molecular formula is C15H21NO3. The van der Waals surface area contributed by atoms with E-state index in [2.05, 4.69) is 5.32 Å². The maximum atomic E-state index is 11.5. The van der Waals surface area contributed by atoms with Crippen LogP contribution in [-0.4, -0.2) is 24.0 Å². The van der Waals surface area contributed by atoms with Crippen molar-refractivity contribution in [2.75, 3.05) is 0 Å². The van der Waals surface area contributed by atoms with Gasteiger partial charge in [0.25, 0.3) is 0 Å². The molecular weight excluding hydrogens is 242 g/mol. The van der Waals surface area contributed by atoms with Gasteiger partial charge in [0.2, 0.25) is 0 Å². The Morgan fingerprint density at radius 3 is 2.47 bits per heavy atom. The second kappa shape index (κ2) is 6.92. The Morgan fingerprint density at radius 1 is 1.32 bits per heavy atom. The van der Waals surface area contributed by atoms with Gasteiger partial charge < -0.3 is 14.8 Å². The van der Waals surface area contributed by atoms with Gasteiger partial charge in [-0.2, -0.15) is 0 Å². The number of alkyl carbamates (subject to hydrolysis) is 1. The molecule has 104 valence electrons. The molecule has 0 aliphatic rings. The average molecular weight is 263 g/mol. The zero-order chi connectivity index (χ0) is 14.3. The van der Waals surface area contributed by atoms with E-state index in [0.717, 1.165) is 18.3 Å². The van der Waals surface area contributed by atoms with Crippen molar-refractivity contribution < 1.29 is 14.3 Å². The van der Waals surface area contributed by atoms with Crippen LogP contribution < -0.4 is 5.32 Å². The first-order valence-corrected chi connectivity index (χ1v) is 6.39. The quantitative estimate of drug-likeness (QED) is 0.831. The second-order valence-corrected chi connectivity index (χ2v) is 5.41. The summed E-state index contributed by atoms with van der Waals surface area (Å²) in [7, 11) is 0. The summed E-state index contributed by atoms with van der Waals surface area (Å²) in [4.78, 5) is 22.5. The van der Waals surface area contributed by atoms with E-state index in [1.165, 1.54) is 0 Å². The van der Waals surface area contributed by atoms with Crippen LogP contribution in [-0.2, 0) is 16.0 Å². The third-order valence-corrected chi connectivity index (χ3v) is 2.45. The molecule has 1 aromatic rings. The second-order valence-electron chi connectivity index (χ2n) is 5.41. The minimum atomic E-state index is -0.559. The fourth-order valence-electron chi connectivity index (χ4n) is 1.60. The molecule has 0 heterocycles. The molecule has 4 nitrogen and oxygen atoms in total. The van der Waals surface area contributed by atoms with Gasteiger partial charge in [0.15, 0.2) is 0 Å². The number of hydrogen-bond donors (Lipinski definition) is 1. The molecule has 0 saturated heterocycles. The van der Waals surface area contributed by atoms with E-state index >= 15 is 0 Å². The molecule has 19 heavy (non-hydrogen) atoms. The lowest BCUT2D eigenvalue weighted by atomic mass is 10.1. The zero-order valence-electron chi connectivity index (χ0n) is 11.7. The van der Waals surface area contributed by atoms with E-state index in [0.29, 0.717) is 6.42 Å². The Balaban J connectivity index is 2.42. The van der Waals surface area contributed by atoms with E-state index in [4.69, 9.17) is 4.74 Å². The maximum Gasteiger partial charge on any atom is 0.408 e. The topological polar surface area (TPSA) is 55.4 Å². The van der Waals surface area contributed by atoms with Crippen molar-refractivity contribution in [3.05, 3.63) is 35.9 Å². The van der Waals surface area contributed by atoms with E-state index in [1.54, 1.807) is 20.8 Å². The Hall–Kier alpha value is -1.84. The summed E-state index contributed by atoms with van der Waals surface area (Å²) in [5, 5.41) is 2.56. The number of ether oxygens (including phenoxy) is 1. The smallest absolute Gasteiger partial charge is 0.408 e. The predicted octanol–water partition coefficient (Wildman–Crippen LogP) is 2.71. The summed E-state index contributed by atoms with van der Waals surface area (Å²) in [6.45, 7) is 5.35. The lowest BCUT2D eigenvalue weighted by Crippen LogP contribution is -2.40. The van der Waals surface area contributed by atoms with Crippen LogP contribution in [0.15, 0.2) is 30.3 Å². The molecule has 1 amide bonds. The van der Waals surface area contributed by atoms with E-state index < -0.39 is 17.7 Å². The van der Waals surface area contributed by atoms with Gasteiger partial charge in [-0.1, -0.05) is 30.3 Å². The van der Waals surface area contributed by atoms with E-state index in [-0.39, 0.29) is 0 Å². The highest BCUT2D eigenvalue weighted by molar-refractivity contribution is 5.73. The molecule has 1 N–H and O–H groups in total. The summed E-state index contributed by atoms with van der Waals surface area (Å²) in [6.07, 6.45) is 1.48. The summed E-state index contributed by atoms with van der Waals surface area (Å²) in [5.74, 6) is 0. The molecule has 4 heteroatoms. The first-order chi connectivity index (χ1) is 8.90. The van der Waals surface area contributed by atoms with Crippen LogP contribution in [0.25, 0.3) is 0 Å². The zero-order valence-corrected chi connectivity index (χ0v) is 11.7. The van der Waals surface area contributed by atoms with Crippen molar-refractivity contribution in [2.24, 2.45) is 0 Å². The van der Waals surface area contributed by atoms with Gasteiger partial charge in [-0.25, -0.2) is 4.79 Å². The van der Waals surface area contributed by atoms with Crippen molar-refractivity contribution in [1.82, 2.24) is 5.32 Å². The molecule has 0 aromatic heterocycles. The van der Waals surface area contributed by atoms with Crippen LogP contribution in [0, 0.1) is 0 Å². The molecule has 1 atom stereocenters. The van der Waals surface area contributed by atoms with Crippen LogP contribution in [0.3, 0.4) is 0 Å². The number of aldehydes is 1. The first-order valence-electron chi connectivity index (χ1n) is 6.39. The summed E-state index contributed by atoms with van der Waals surface area (Å²) in [6, 6.07) is 9.32. The van der Waals surface area contributed by atoms with Crippen LogP contribution in [0.4, 0.5) is 4.79 Å². The van der Waals surface area contributed by atoms with Gasteiger partial charge in [0, 0.05) is 0 Å². The highest BCUT2D eigenvalue weighted by Crippen LogP contribution is 2.08. The van der Waals surface area contributed by atoms with Gasteiger partial charge in [0.1, 0.15) is 11.9 Å². The summed E-state index contributed by atoms with van der Waals surface area (Å²) < 4.78 is 5.11. The monoisotopic (exact) mass is 263 g/mol. The van der Waals surface area contributed by atoms with Gasteiger partial charge >= 0.3 is 6.09 Å². The number of aryl methyl sites for hydroxylation is 1. The maximum absolute atomic E-state index is 11.5. The number of amides is 1. The number of nitrogens with one attached hydrogen (secondary N) is 1. The van der Waals surface area contributed by atoms with Gasteiger partial charge in [-0.05, 0) is 39.2 Å². The summed E-state index contributed by atoms with van der Waals surface area (Å²) >= 11 is 0. The fraction of sp³-hybridized carbons (Fsp3) is 0.467. The Kier molecular flexibility index (Phi) is 5.55. The van der Waals surface area contributed by atoms with E-state index in [1.807, 2.05) is 30.3 Å². The van der Waals surface area contributed by atoms with Crippen LogP contribution in [0.5, 0.6) is 0 Å². The van der Waals surface area contributed by atoms with E-state index in [9.17, 15) is 9.59 Å². The molecule has 0 fully saturated rings. The minimum Gasteiger partial charge on any atom is -0.444 e.